The minimum absolute atomic E-state index is 0.484. The van der Waals surface area contributed by atoms with Crippen molar-refractivity contribution in [2.24, 2.45) is 5.73 Å². The van der Waals surface area contributed by atoms with Crippen molar-refractivity contribution in [1.29, 1.82) is 0 Å². The van der Waals surface area contributed by atoms with E-state index in [2.05, 4.69) is 29.4 Å². The number of aryl methyl sites for hydroxylation is 1. The standard InChI is InChI=1S/C14H17N3/c1-11-4-2-3-5-14(11)17-10-12-6-7-16-13(8-12)9-15/h2-8,17H,9-10,15H2,1H3. The molecule has 0 saturated carbocycles. The van der Waals surface area contributed by atoms with E-state index < -0.39 is 0 Å². The maximum Gasteiger partial charge on any atom is 0.0542 e. The van der Waals surface area contributed by atoms with Gasteiger partial charge in [-0.15, -0.1) is 0 Å². The van der Waals surface area contributed by atoms with Crippen molar-refractivity contribution in [3.63, 3.8) is 0 Å². The largest absolute Gasteiger partial charge is 0.381 e. The highest BCUT2D eigenvalue weighted by Gasteiger charge is 1.98. The Balaban J connectivity index is 2.05. The Morgan fingerprint density at radius 1 is 1.24 bits per heavy atom. The predicted octanol–water partition coefficient (Wildman–Crippen LogP) is 2.46. The summed E-state index contributed by atoms with van der Waals surface area (Å²) in [7, 11) is 0. The van der Waals surface area contributed by atoms with Crippen molar-refractivity contribution in [2.45, 2.75) is 20.0 Å². The Morgan fingerprint density at radius 3 is 2.82 bits per heavy atom. The second kappa shape index (κ2) is 5.46. The minimum atomic E-state index is 0.484. The van der Waals surface area contributed by atoms with E-state index in [1.165, 1.54) is 16.8 Å². The number of para-hydroxylation sites is 1. The molecule has 2 aromatic rings. The first kappa shape index (κ1) is 11.6. The predicted molar refractivity (Wildman–Crippen MR) is 70.6 cm³/mol. The van der Waals surface area contributed by atoms with Crippen LogP contribution in [-0.4, -0.2) is 4.98 Å². The number of hydrogen-bond acceptors (Lipinski definition) is 3. The molecule has 88 valence electrons. The number of benzene rings is 1. The maximum atomic E-state index is 5.57. The number of rotatable bonds is 4. The Morgan fingerprint density at radius 2 is 2.06 bits per heavy atom. The van der Waals surface area contributed by atoms with Gasteiger partial charge in [-0.1, -0.05) is 18.2 Å². The van der Waals surface area contributed by atoms with Gasteiger partial charge in [0, 0.05) is 25.0 Å². The Bertz CT molecular complexity index is 494. The molecule has 3 heteroatoms. The van der Waals surface area contributed by atoms with Crippen LogP contribution in [0.25, 0.3) is 0 Å². The first-order chi connectivity index (χ1) is 8.29. The lowest BCUT2D eigenvalue weighted by Crippen LogP contribution is -2.04. The van der Waals surface area contributed by atoms with Gasteiger partial charge in [-0.05, 0) is 36.2 Å². The molecule has 0 aliphatic heterocycles. The van der Waals surface area contributed by atoms with Gasteiger partial charge >= 0.3 is 0 Å². The molecule has 0 spiro atoms. The molecule has 0 unspecified atom stereocenters. The van der Waals surface area contributed by atoms with Crippen molar-refractivity contribution >= 4 is 5.69 Å². The fourth-order valence-corrected chi connectivity index (χ4v) is 1.72. The van der Waals surface area contributed by atoms with Crippen LogP contribution in [0.15, 0.2) is 42.6 Å². The van der Waals surface area contributed by atoms with Gasteiger partial charge in [0.15, 0.2) is 0 Å². The van der Waals surface area contributed by atoms with E-state index >= 15 is 0 Å². The zero-order valence-corrected chi connectivity index (χ0v) is 9.98. The molecule has 0 aliphatic rings. The Labute approximate surface area is 102 Å². The summed E-state index contributed by atoms with van der Waals surface area (Å²) in [4.78, 5) is 4.18. The molecule has 1 aromatic carbocycles. The van der Waals surface area contributed by atoms with Gasteiger partial charge in [0.2, 0.25) is 0 Å². The molecule has 0 bridgehead atoms. The van der Waals surface area contributed by atoms with Crippen LogP contribution >= 0.6 is 0 Å². The molecule has 0 saturated heterocycles. The summed E-state index contributed by atoms with van der Waals surface area (Å²) in [5.74, 6) is 0. The third-order valence-electron chi connectivity index (χ3n) is 2.72. The van der Waals surface area contributed by atoms with Gasteiger partial charge in [0.25, 0.3) is 0 Å². The zero-order chi connectivity index (χ0) is 12.1. The summed E-state index contributed by atoms with van der Waals surface area (Å²) in [6.45, 7) is 3.37. The lowest BCUT2D eigenvalue weighted by atomic mass is 10.2. The number of nitrogens with two attached hydrogens (primary N) is 1. The molecule has 0 aliphatic carbocycles. The van der Waals surface area contributed by atoms with Crippen molar-refractivity contribution < 1.29 is 0 Å². The highest BCUT2D eigenvalue weighted by atomic mass is 14.9. The first-order valence-electron chi connectivity index (χ1n) is 5.73. The van der Waals surface area contributed by atoms with Crippen molar-refractivity contribution in [3.8, 4) is 0 Å². The summed E-state index contributed by atoms with van der Waals surface area (Å²) in [5, 5.41) is 3.41. The van der Waals surface area contributed by atoms with Crippen molar-refractivity contribution in [1.82, 2.24) is 4.98 Å². The third kappa shape index (κ3) is 3.04. The molecule has 17 heavy (non-hydrogen) atoms. The maximum absolute atomic E-state index is 5.57. The number of nitrogens with one attached hydrogen (secondary N) is 1. The SMILES string of the molecule is Cc1ccccc1NCc1ccnc(CN)c1. The molecule has 0 amide bonds. The number of aromatic nitrogens is 1. The topological polar surface area (TPSA) is 50.9 Å². The van der Waals surface area contributed by atoms with E-state index in [-0.39, 0.29) is 0 Å². The molecular formula is C14H17N3. The van der Waals surface area contributed by atoms with E-state index in [0.717, 1.165) is 12.2 Å². The molecule has 0 fully saturated rings. The second-order valence-electron chi connectivity index (χ2n) is 4.03. The summed E-state index contributed by atoms with van der Waals surface area (Å²) in [6, 6.07) is 12.3. The lowest BCUT2D eigenvalue weighted by Gasteiger charge is -2.09. The number of hydrogen-bond donors (Lipinski definition) is 2. The van der Waals surface area contributed by atoms with E-state index in [1.807, 2.05) is 24.3 Å². The molecular weight excluding hydrogens is 210 g/mol. The summed E-state index contributed by atoms with van der Waals surface area (Å²) in [5.41, 5.74) is 10.1. The van der Waals surface area contributed by atoms with Gasteiger partial charge < -0.3 is 11.1 Å². The lowest BCUT2D eigenvalue weighted by molar-refractivity contribution is 0.973. The minimum Gasteiger partial charge on any atom is -0.381 e. The molecule has 3 N–H and O–H groups in total. The zero-order valence-electron chi connectivity index (χ0n) is 9.98. The molecule has 1 aromatic heterocycles. The monoisotopic (exact) mass is 227 g/mol. The Hall–Kier alpha value is -1.87. The highest BCUT2D eigenvalue weighted by molar-refractivity contribution is 5.50. The van der Waals surface area contributed by atoms with Crippen LogP contribution in [0.4, 0.5) is 5.69 Å². The average molecular weight is 227 g/mol. The van der Waals surface area contributed by atoms with Crippen molar-refractivity contribution in [3.05, 3.63) is 59.4 Å². The van der Waals surface area contributed by atoms with Crippen LogP contribution in [0.1, 0.15) is 16.8 Å². The number of nitrogens with zero attached hydrogens (tertiary/aromatic N) is 1. The quantitative estimate of drug-likeness (QED) is 0.843. The fraction of sp³-hybridized carbons (Fsp3) is 0.214. The molecule has 2 rings (SSSR count). The van der Waals surface area contributed by atoms with E-state index in [4.69, 9.17) is 5.73 Å². The van der Waals surface area contributed by atoms with Crippen LogP contribution in [0.5, 0.6) is 0 Å². The van der Waals surface area contributed by atoms with Gasteiger partial charge in [-0.2, -0.15) is 0 Å². The average Bonchev–Trinajstić information content (AvgIpc) is 2.38. The summed E-state index contributed by atoms with van der Waals surface area (Å²) >= 11 is 0. The van der Waals surface area contributed by atoms with Gasteiger partial charge in [-0.3, -0.25) is 4.98 Å². The third-order valence-corrected chi connectivity index (χ3v) is 2.72. The fourth-order valence-electron chi connectivity index (χ4n) is 1.72. The second-order valence-corrected chi connectivity index (χ2v) is 4.03. The van der Waals surface area contributed by atoms with E-state index in [1.54, 1.807) is 6.20 Å². The van der Waals surface area contributed by atoms with Gasteiger partial charge in [0.05, 0.1) is 5.69 Å². The highest BCUT2D eigenvalue weighted by Crippen LogP contribution is 2.14. The van der Waals surface area contributed by atoms with Crippen LogP contribution in [0.3, 0.4) is 0 Å². The van der Waals surface area contributed by atoms with Crippen LogP contribution in [0.2, 0.25) is 0 Å². The smallest absolute Gasteiger partial charge is 0.0542 e. The van der Waals surface area contributed by atoms with Gasteiger partial charge in [0.1, 0.15) is 0 Å². The van der Waals surface area contributed by atoms with Crippen molar-refractivity contribution in [2.75, 3.05) is 5.32 Å². The number of anilines is 1. The molecule has 0 radical (unpaired) electrons. The van der Waals surface area contributed by atoms with Crippen LogP contribution in [-0.2, 0) is 13.1 Å². The Kier molecular flexibility index (Phi) is 3.73. The van der Waals surface area contributed by atoms with E-state index in [9.17, 15) is 0 Å². The molecule has 3 nitrogen and oxygen atoms in total. The molecule has 1 heterocycles. The first-order valence-corrected chi connectivity index (χ1v) is 5.73. The van der Waals surface area contributed by atoms with E-state index in [0.29, 0.717) is 6.54 Å². The normalized spacial score (nSPS) is 10.2. The number of pyridine rings is 1. The van der Waals surface area contributed by atoms with Crippen LogP contribution in [0, 0.1) is 6.92 Å². The van der Waals surface area contributed by atoms with Gasteiger partial charge in [-0.25, -0.2) is 0 Å². The summed E-state index contributed by atoms with van der Waals surface area (Å²) in [6.07, 6.45) is 1.80. The van der Waals surface area contributed by atoms with Crippen LogP contribution < -0.4 is 11.1 Å². The molecule has 0 atom stereocenters. The summed E-state index contributed by atoms with van der Waals surface area (Å²) < 4.78 is 0.